The number of aromatic carboxylic acids is 1. The van der Waals surface area contributed by atoms with Gasteiger partial charge in [0.1, 0.15) is 12.4 Å². The van der Waals surface area contributed by atoms with Crippen LogP contribution >= 0.6 is 11.6 Å². The van der Waals surface area contributed by atoms with Crippen molar-refractivity contribution in [3.05, 3.63) is 64.9 Å². The van der Waals surface area contributed by atoms with Crippen molar-refractivity contribution >= 4 is 17.6 Å². The highest BCUT2D eigenvalue weighted by atomic mass is 35.5. The van der Waals surface area contributed by atoms with Gasteiger partial charge in [-0.2, -0.15) is 9.78 Å². The second-order valence-corrected chi connectivity index (χ2v) is 7.80. The number of hydrogen-bond donors (Lipinski definition) is 1. The SMILES string of the molecule is O=C(O)c1ccnc(-n2nccc2OCc2ccc(Cl)cc2OCC2C3CC23)c1. The lowest BCUT2D eigenvalue weighted by atomic mass is 10.2. The number of carboxylic acid groups (broad SMARTS) is 1. The van der Waals surface area contributed by atoms with E-state index >= 15 is 0 Å². The highest BCUT2D eigenvalue weighted by molar-refractivity contribution is 6.30. The van der Waals surface area contributed by atoms with Crippen LogP contribution in [-0.4, -0.2) is 32.4 Å². The molecular formula is C21H18ClN3O4. The molecule has 2 unspecified atom stereocenters. The van der Waals surface area contributed by atoms with Crippen LogP contribution < -0.4 is 9.47 Å². The van der Waals surface area contributed by atoms with Crippen LogP contribution in [0.1, 0.15) is 22.3 Å². The zero-order valence-electron chi connectivity index (χ0n) is 15.4. The minimum atomic E-state index is -1.03. The quantitative estimate of drug-likeness (QED) is 0.606. The smallest absolute Gasteiger partial charge is 0.335 e. The lowest BCUT2D eigenvalue weighted by molar-refractivity contribution is 0.0696. The molecule has 0 saturated heterocycles. The number of carbonyl (C=O) groups is 1. The van der Waals surface area contributed by atoms with Gasteiger partial charge in [0, 0.05) is 22.8 Å². The Morgan fingerprint density at radius 1 is 1.17 bits per heavy atom. The van der Waals surface area contributed by atoms with Crippen LogP contribution in [0.25, 0.3) is 5.82 Å². The lowest BCUT2D eigenvalue weighted by Gasteiger charge is -2.14. The van der Waals surface area contributed by atoms with Crippen molar-refractivity contribution in [2.24, 2.45) is 17.8 Å². The van der Waals surface area contributed by atoms with Gasteiger partial charge in [-0.15, -0.1) is 0 Å². The van der Waals surface area contributed by atoms with E-state index in [9.17, 15) is 9.90 Å². The third-order valence-electron chi connectivity index (χ3n) is 5.50. The predicted octanol–water partition coefficient (Wildman–Crippen LogP) is 3.84. The Balaban J connectivity index is 1.31. The molecule has 0 bridgehead atoms. The topological polar surface area (TPSA) is 86.5 Å². The molecular weight excluding hydrogens is 394 g/mol. The van der Waals surface area contributed by atoms with Crippen LogP contribution in [0.15, 0.2) is 48.8 Å². The third-order valence-corrected chi connectivity index (χ3v) is 5.74. The Bertz CT molecular complexity index is 1080. The first-order valence-corrected chi connectivity index (χ1v) is 9.76. The molecule has 0 amide bonds. The number of halogens is 1. The molecule has 2 fully saturated rings. The van der Waals surface area contributed by atoms with E-state index in [-0.39, 0.29) is 12.2 Å². The first kappa shape index (κ1) is 18.0. The molecule has 5 rings (SSSR count). The van der Waals surface area contributed by atoms with Crippen molar-refractivity contribution in [2.75, 3.05) is 6.61 Å². The van der Waals surface area contributed by atoms with Gasteiger partial charge in [0.05, 0.1) is 18.4 Å². The number of ether oxygens (including phenoxy) is 2. The summed E-state index contributed by atoms with van der Waals surface area (Å²) >= 11 is 6.14. The fourth-order valence-electron chi connectivity index (χ4n) is 3.52. The minimum Gasteiger partial charge on any atom is -0.493 e. The second kappa shape index (κ2) is 7.08. The van der Waals surface area contributed by atoms with E-state index in [4.69, 9.17) is 21.1 Å². The summed E-state index contributed by atoms with van der Waals surface area (Å²) in [4.78, 5) is 15.4. The average molecular weight is 412 g/mol. The van der Waals surface area contributed by atoms with Crippen molar-refractivity contribution in [1.29, 1.82) is 0 Å². The molecule has 2 heterocycles. The van der Waals surface area contributed by atoms with Gasteiger partial charge in [-0.3, -0.25) is 0 Å². The maximum Gasteiger partial charge on any atom is 0.335 e. The zero-order chi connectivity index (χ0) is 20.0. The Hall–Kier alpha value is -3.06. The number of hydrogen-bond acceptors (Lipinski definition) is 5. The average Bonchev–Trinajstić information content (AvgIpc) is 3.59. The molecule has 2 aliphatic rings. The molecule has 1 aromatic carbocycles. The fourth-order valence-corrected chi connectivity index (χ4v) is 3.68. The van der Waals surface area contributed by atoms with Crippen molar-refractivity contribution < 1.29 is 19.4 Å². The molecule has 0 aliphatic heterocycles. The lowest BCUT2D eigenvalue weighted by Crippen LogP contribution is -2.09. The van der Waals surface area contributed by atoms with Crippen LogP contribution in [0.5, 0.6) is 11.6 Å². The number of rotatable bonds is 8. The molecule has 8 heteroatoms. The van der Waals surface area contributed by atoms with Gasteiger partial charge in [-0.1, -0.05) is 17.7 Å². The summed E-state index contributed by atoms with van der Waals surface area (Å²) in [7, 11) is 0. The zero-order valence-corrected chi connectivity index (χ0v) is 16.1. The molecule has 1 N–H and O–H groups in total. The number of benzene rings is 1. The van der Waals surface area contributed by atoms with Crippen LogP contribution in [0.3, 0.4) is 0 Å². The molecule has 3 aromatic rings. The summed E-state index contributed by atoms with van der Waals surface area (Å²) in [6.45, 7) is 0.973. The molecule has 7 nitrogen and oxygen atoms in total. The van der Waals surface area contributed by atoms with Gasteiger partial charge in [-0.25, -0.2) is 9.78 Å². The Labute approximate surface area is 171 Å². The molecule has 29 heavy (non-hydrogen) atoms. The predicted molar refractivity (Wildman–Crippen MR) is 105 cm³/mol. The monoisotopic (exact) mass is 411 g/mol. The van der Waals surface area contributed by atoms with Crippen LogP contribution in [0.2, 0.25) is 5.02 Å². The van der Waals surface area contributed by atoms with E-state index in [1.54, 1.807) is 18.3 Å². The molecule has 2 saturated carbocycles. The van der Waals surface area contributed by atoms with Crippen LogP contribution in [0, 0.1) is 17.8 Å². The minimum absolute atomic E-state index is 0.128. The van der Waals surface area contributed by atoms with Crippen molar-refractivity contribution in [2.45, 2.75) is 13.0 Å². The van der Waals surface area contributed by atoms with E-state index in [1.165, 1.54) is 29.4 Å². The number of fused-ring (bicyclic) bond motifs is 1. The Kier molecular flexibility index (Phi) is 4.39. The van der Waals surface area contributed by atoms with E-state index < -0.39 is 5.97 Å². The molecule has 2 atom stereocenters. The largest absolute Gasteiger partial charge is 0.493 e. The molecule has 2 aliphatic carbocycles. The fraction of sp³-hybridized carbons (Fsp3) is 0.286. The van der Waals surface area contributed by atoms with Crippen molar-refractivity contribution in [1.82, 2.24) is 14.8 Å². The summed E-state index contributed by atoms with van der Waals surface area (Å²) < 4.78 is 13.4. The van der Waals surface area contributed by atoms with E-state index in [0.29, 0.717) is 29.2 Å². The molecule has 0 spiro atoms. The van der Waals surface area contributed by atoms with Gasteiger partial charge in [0.2, 0.25) is 5.88 Å². The third kappa shape index (κ3) is 3.65. The van der Waals surface area contributed by atoms with Crippen LogP contribution in [-0.2, 0) is 6.61 Å². The molecule has 148 valence electrons. The number of carboxylic acids is 1. The van der Waals surface area contributed by atoms with E-state index in [2.05, 4.69) is 10.1 Å². The highest BCUT2D eigenvalue weighted by Gasteiger charge is 2.64. The van der Waals surface area contributed by atoms with Gasteiger partial charge >= 0.3 is 5.97 Å². The van der Waals surface area contributed by atoms with Crippen LogP contribution in [0.4, 0.5) is 0 Å². The van der Waals surface area contributed by atoms with Crippen molar-refractivity contribution in [3.8, 4) is 17.4 Å². The number of aromatic nitrogens is 3. The summed E-state index contributed by atoms with van der Waals surface area (Å²) in [6, 6.07) is 10.1. The molecule has 2 aromatic heterocycles. The number of nitrogens with zero attached hydrogens (tertiary/aromatic N) is 3. The normalized spacial score (nSPS) is 21.3. The summed E-state index contributed by atoms with van der Waals surface area (Å²) in [5, 5.41) is 14.0. The van der Waals surface area contributed by atoms with E-state index in [0.717, 1.165) is 23.1 Å². The van der Waals surface area contributed by atoms with Crippen molar-refractivity contribution in [3.63, 3.8) is 0 Å². The van der Waals surface area contributed by atoms with E-state index in [1.807, 2.05) is 12.1 Å². The maximum atomic E-state index is 11.2. The van der Waals surface area contributed by atoms with Gasteiger partial charge in [-0.05, 0) is 48.4 Å². The first-order chi connectivity index (χ1) is 14.1. The standard InChI is InChI=1S/C21H18ClN3O4/c22-14-2-1-13(18(8-14)28-11-17-15-9-16(15)17)10-29-20-4-6-24-25(20)19-7-12(21(26)27)3-5-23-19/h1-8,15-17H,9-11H2,(H,26,27). The molecule has 0 radical (unpaired) electrons. The van der Waals surface area contributed by atoms with Gasteiger partial charge in [0.15, 0.2) is 5.82 Å². The summed E-state index contributed by atoms with van der Waals surface area (Å²) in [5.74, 6) is 2.95. The first-order valence-electron chi connectivity index (χ1n) is 9.38. The summed E-state index contributed by atoms with van der Waals surface area (Å²) in [5.41, 5.74) is 1.01. The maximum absolute atomic E-state index is 11.2. The second-order valence-electron chi connectivity index (χ2n) is 7.37. The number of pyridine rings is 1. The van der Waals surface area contributed by atoms with Gasteiger partial charge < -0.3 is 14.6 Å². The Morgan fingerprint density at radius 2 is 2.03 bits per heavy atom. The Morgan fingerprint density at radius 3 is 2.79 bits per heavy atom. The van der Waals surface area contributed by atoms with Gasteiger partial charge in [0.25, 0.3) is 0 Å². The highest BCUT2D eigenvalue weighted by Crippen LogP contribution is 2.68. The summed E-state index contributed by atoms with van der Waals surface area (Å²) in [6.07, 6.45) is 4.35.